The summed E-state index contributed by atoms with van der Waals surface area (Å²) in [5.41, 5.74) is 0.628. The summed E-state index contributed by atoms with van der Waals surface area (Å²) < 4.78 is 16.2. The molecule has 2 aliphatic rings. The number of rotatable bonds is 3. The zero-order chi connectivity index (χ0) is 12.5. The molecule has 0 aromatic heterocycles. The van der Waals surface area contributed by atoms with E-state index >= 15 is 0 Å². The Labute approximate surface area is 102 Å². The fraction of sp³-hybridized carbons (Fsp3) is 0.769. The number of hydrogen-bond donors (Lipinski definition) is 0. The number of carbonyl (C=O) groups excluding carboxylic acids is 1. The molecule has 0 amide bonds. The molecule has 1 aliphatic carbocycles. The number of methoxy groups -OCH3 is 1. The third-order valence-corrected chi connectivity index (χ3v) is 3.63. The molecule has 96 valence electrons. The van der Waals surface area contributed by atoms with Gasteiger partial charge in [-0.15, -0.1) is 0 Å². The van der Waals surface area contributed by atoms with Gasteiger partial charge in [0.1, 0.15) is 0 Å². The van der Waals surface area contributed by atoms with Crippen molar-refractivity contribution in [2.45, 2.75) is 39.1 Å². The highest BCUT2D eigenvalue weighted by atomic mass is 16.7. The van der Waals surface area contributed by atoms with E-state index in [1.54, 1.807) is 13.2 Å². The van der Waals surface area contributed by atoms with Crippen molar-refractivity contribution in [3.63, 3.8) is 0 Å². The van der Waals surface area contributed by atoms with E-state index in [2.05, 4.69) is 0 Å². The lowest BCUT2D eigenvalue weighted by atomic mass is 9.74. The SMILES string of the molecule is COC1CC(CC2OCCO2)=CC(=O)C1(C)C. The van der Waals surface area contributed by atoms with Crippen molar-refractivity contribution in [1.29, 1.82) is 0 Å². The number of ketones is 1. The Bertz CT molecular complexity index is 326. The van der Waals surface area contributed by atoms with Gasteiger partial charge in [0.15, 0.2) is 12.1 Å². The molecular formula is C13H20O4. The first-order valence-corrected chi connectivity index (χ1v) is 6.04. The van der Waals surface area contributed by atoms with Crippen molar-refractivity contribution in [1.82, 2.24) is 0 Å². The van der Waals surface area contributed by atoms with Crippen LogP contribution in [-0.2, 0) is 19.0 Å². The lowest BCUT2D eigenvalue weighted by Crippen LogP contribution is -2.41. The molecule has 1 heterocycles. The molecule has 0 bridgehead atoms. The summed E-state index contributed by atoms with van der Waals surface area (Å²) in [7, 11) is 1.66. The van der Waals surface area contributed by atoms with Crippen molar-refractivity contribution in [2.75, 3.05) is 20.3 Å². The van der Waals surface area contributed by atoms with Crippen LogP contribution in [0.2, 0.25) is 0 Å². The van der Waals surface area contributed by atoms with Crippen molar-refractivity contribution in [2.24, 2.45) is 5.41 Å². The summed E-state index contributed by atoms with van der Waals surface area (Å²) in [5, 5.41) is 0. The highest BCUT2D eigenvalue weighted by molar-refractivity contribution is 5.96. The minimum atomic E-state index is -0.435. The van der Waals surface area contributed by atoms with E-state index in [9.17, 15) is 4.79 Å². The molecule has 0 N–H and O–H groups in total. The molecule has 1 saturated heterocycles. The highest BCUT2D eigenvalue weighted by Gasteiger charge is 2.40. The topological polar surface area (TPSA) is 44.8 Å². The van der Waals surface area contributed by atoms with E-state index in [1.807, 2.05) is 13.8 Å². The van der Waals surface area contributed by atoms with Crippen LogP contribution in [0, 0.1) is 5.41 Å². The predicted molar refractivity (Wildman–Crippen MR) is 62.6 cm³/mol. The predicted octanol–water partition coefficient (Wildman–Crippen LogP) is 1.69. The van der Waals surface area contributed by atoms with Gasteiger partial charge >= 0.3 is 0 Å². The molecular weight excluding hydrogens is 220 g/mol. The minimum Gasteiger partial charge on any atom is -0.380 e. The van der Waals surface area contributed by atoms with Crippen LogP contribution in [0.5, 0.6) is 0 Å². The summed E-state index contributed by atoms with van der Waals surface area (Å²) >= 11 is 0. The van der Waals surface area contributed by atoms with Gasteiger partial charge in [-0.05, 0) is 12.5 Å². The number of carbonyl (C=O) groups is 1. The van der Waals surface area contributed by atoms with Gasteiger partial charge in [-0.2, -0.15) is 0 Å². The quantitative estimate of drug-likeness (QED) is 0.753. The largest absolute Gasteiger partial charge is 0.380 e. The zero-order valence-electron chi connectivity index (χ0n) is 10.7. The highest BCUT2D eigenvalue weighted by Crippen LogP contribution is 2.35. The maximum absolute atomic E-state index is 12.0. The lowest BCUT2D eigenvalue weighted by Gasteiger charge is -2.35. The monoisotopic (exact) mass is 240 g/mol. The normalized spacial score (nSPS) is 29.5. The van der Waals surface area contributed by atoms with Crippen LogP contribution in [0.1, 0.15) is 26.7 Å². The maximum atomic E-state index is 12.0. The van der Waals surface area contributed by atoms with Crippen LogP contribution in [0.15, 0.2) is 11.6 Å². The van der Waals surface area contributed by atoms with Gasteiger partial charge in [-0.1, -0.05) is 19.4 Å². The van der Waals surface area contributed by atoms with Crippen molar-refractivity contribution >= 4 is 5.78 Å². The number of hydrogen-bond acceptors (Lipinski definition) is 4. The van der Waals surface area contributed by atoms with Crippen LogP contribution in [0.3, 0.4) is 0 Å². The summed E-state index contributed by atoms with van der Waals surface area (Å²) in [5.74, 6) is 0.128. The smallest absolute Gasteiger partial charge is 0.163 e. The Kier molecular flexibility index (Phi) is 3.66. The Balaban J connectivity index is 2.06. The van der Waals surface area contributed by atoms with E-state index in [0.29, 0.717) is 19.6 Å². The molecule has 0 radical (unpaired) electrons. The molecule has 4 nitrogen and oxygen atoms in total. The minimum absolute atomic E-state index is 0.0589. The van der Waals surface area contributed by atoms with E-state index in [4.69, 9.17) is 14.2 Å². The maximum Gasteiger partial charge on any atom is 0.163 e. The van der Waals surface area contributed by atoms with Gasteiger partial charge in [0, 0.05) is 13.5 Å². The van der Waals surface area contributed by atoms with Gasteiger partial charge in [-0.3, -0.25) is 4.79 Å². The van der Waals surface area contributed by atoms with Crippen molar-refractivity contribution in [3.8, 4) is 0 Å². The zero-order valence-corrected chi connectivity index (χ0v) is 10.7. The summed E-state index contributed by atoms with van der Waals surface area (Å²) in [4.78, 5) is 12.0. The van der Waals surface area contributed by atoms with E-state index < -0.39 is 5.41 Å². The number of ether oxygens (including phenoxy) is 3. The number of allylic oxidation sites excluding steroid dienone is 1. The molecule has 17 heavy (non-hydrogen) atoms. The van der Waals surface area contributed by atoms with Crippen molar-refractivity contribution < 1.29 is 19.0 Å². The van der Waals surface area contributed by atoms with Gasteiger partial charge in [0.25, 0.3) is 0 Å². The van der Waals surface area contributed by atoms with Crippen LogP contribution in [0.25, 0.3) is 0 Å². The van der Waals surface area contributed by atoms with Gasteiger partial charge < -0.3 is 14.2 Å². The molecule has 2 rings (SSSR count). The van der Waals surface area contributed by atoms with E-state index in [0.717, 1.165) is 12.0 Å². The Morgan fingerprint density at radius 2 is 2.06 bits per heavy atom. The summed E-state index contributed by atoms with van der Waals surface area (Å²) in [6.45, 7) is 5.15. The molecule has 0 aromatic carbocycles. The standard InChI is InChI=1S/C13H20O4/c1-13(2)10(14)6-9(7-11(13)15-3)8-12-16-4-5-17-12/h6,11-12H,4-5,7-8H2,1-3H3. The third-order valence-electron chi connectivity index (χ3n) is 3.63. The van der Waals surface area contributed by atoms with Crippen LogP contribution < -0.4 is 0 Å². The third kappa shape index (κ3) is 2.59. The Hall–Kier alpha value is -0.710. The van der Waals surface area contributed by atoms with Gasteiger partial charge in [0.05, 0.1) is 24.7 Å². The Morgan fingerprint density at radius 3 is 2.65 bits per heavy atom. The fourth-order valence-electron chi connectivity index (χ4n) is 2.34. The molecule has 1 atom stereocenters. The first-order valence-electron chi connectivity index (χ1n) is 6.04. The average molecular weight is 240 g/mol. The second kappa shape index (κ2) is 4.88. The molecule has 0 saturated carbocycles. The fourth-order valence-corrected chi connectivity index (χ4v) is 2.34. The van der Waals surface area contributed by atoms with E-state index in [1.165, 1.54) is 0 Å². The average Bonchev–Trinajstić information content (AvgIpc) is 2.76. The van der Waals surface area contributed by atoms with E-state index in [-0.39, 0.29) is 18.2 Å². The Morgan fingerprint density at radius 1 is 1.41 bits per heavy atom. The first-order chi connectivity index (χ1) is 8.04. The molecule has 1 unspecified atom stereocenters. The van der Waals surface area contributed by atoms with Gasteiger partial charge in [-0.25, -0.2) is 0 Å². The molecule has 1 fully saturated rings. The van der Waals surface area contributed by atoms with Crippen LogP contribution >= 0.6 is 0 Å². The summed E-state index contributed by atoms with van der Waals surface area (Å²) in [6.07, 6.45) is 2.94. The second-order valence-corrected chi connectivity index (χ2v) is 5.19. The molecule has 0 aromatic rings. The van der Waals surface area contributed by atoms with Crippen LogP contribution in [-0.4, -0.2) is 38.5 Å². The first kappa shape index (κ1) is 12.7. The van der Waals surface area contributed by atoms with Crippen molar-refractivity contribution in [3.05, 3.63) is 11.6 Å². The summed E-state index contributed by atoms with van der Waals surface area (Å²) in [6, 6.07) is 0. The molecule has 4 heteroatoms. The van der Waals surface area contributed by atoms with Gasteiger partial charge in [0.2, 0.25) is 0 Å². The molecule has 0 spiro atoms. The van der Waals surface area contributed by atoms with Crippen LogP contribution in [0.4, 0.5) is 0 Å². The second-order valence-electron chi connectivity index (χ2n) is 5.19. The lowest BCUT2D eigenvalue weighted by molar-refractivity contribution is -0.131. The molecule has 1 aliphatic heterocycles.